The summed E-state index contributed by atoms with van der Waals surface area (Å²) < 4.78 is 26.3. The summed E-state index contributed by atoms with van der Waals surface area (Å²) in [4.78, 5) is 24.8. The second kappa shape index (κ2) is 7.12. The lowest BCUT2D eigenvalue weighted by atomic mass is 10.0. The molecule has 0 spiro atoms. The maximum atomic E-state index is 13.2. The first-order chi connectivity index (χ1) is 10.8. The number of primary amides is 1. The van der Waals surface area contributed by atoms with E-state index < -0.39 is 23.9 Å². The molecule has 0 aliphatic carbocycles. The van der Waals surface area contributed by atoms with Crippen LogP contribution in [0.25, 0.3) is 0 Å². The molecule has 2 rings (SSSR count). The van der Waals surface area contributed by atoms with E-state index in [-0.39, 0.29) is 32.4 Å². The van der Waals surface area contributed by atoms with Gasteiger partial charge >= 0.3 is 6.03 Å². The fraction of sp³-hybridized carbons (Fsp3) is 0.467. The van der Waals surface area contributed by atoms with E-state index in [4.69, 9.17) is 17.3 Å². The highest BCUT2D eigenvalue weighted by atomic mass is 35.5. The van der Waals surface area contributed by atoms with Crippen LogP contribution in [0.5, 0.6) is 0 Å². The first kappa shape index (κ1) is 17.5. The quantitative estimate of drug-likeness (QED) is 0.880. The Morgan fingerprint density at radius 1 is 1.35 bits per heavy atom. The van der Waals surface area contributed by atoms with Gasteiger partial charge in [0.1, 0.15) is 0 Å². The second-order valence-corrected chi connectivity index (χ2v) is 6.01. The van der Waals surface area contributed by atoms with Gasteiger partial charge in [0.25, 0.3) is 5.92 Å². The molecule has 1 fully saturated rings. The van der Waals surface area contributed by atoms with E-state index in [0.29, 0.717) is 10.6 Å². The van der Waals surface area contributed by atoms with Crippen molar-refractivity contribution in [2.75, 3.05) is 13.1 Å². The van der Waals surface area contributed by atoms with Crippen molar-refractivity contribution in [2.24, 2.45) is 5.73 Å². The van der Waals surface area contributed by atoms with E-state index in [0.717, 1.165) is 0 Å². The van der Waals surface area contributed by atoms with Crippen LogP contribution in [-0.4, -0.2) is 35.9 Å². The average Bonchev–Trinajstić information content (AvgIpc) is 2.46. The molecular weight excluding hydrogens is 328 g/mol. The number of amides is 3. The fourth-order valence-corrected chi connectivity index (χ4v) is 2.65. The maximum Gasteiger partial charge on any atom is 0.317 e. The molecule has 1 aliphatic heterocycles. The van der Waals surface area contributed by atoms with Crippen LogP contribution in [-0.2, 0) is 4.79 Å². The molecule has 5 nitrogen and oxygen atoms in total. The monoisotopic (exact) mass is 345 g/mol. The number of urea groups is 1. The van der Waals surface area contributed by atoms with Crippen molar-refractivity contribution < 1.29 is 18.4 Å². The smallest absolute Gasteiger partial charge is 0.317 e. The Morgan fingerprint density at radius 2 is 2.00 bits per heavy atom. The molecule has 126 valence electrons. The number of likely N-dealkylation sites (tertiary alicyclic amines) is 1. The van der Waals surface area contributed by atoms with Crippen LogP contribution in [0.15, 0.2) is 24.3 Å². The second-order valence-electron chi connectivity index (χ2n) is 5.57. The SMILES string of the molecule is NC(=O)C[C@@H](NC(=O)N1CCC(F)(F)CC1)c1cccc(Cl)c1. The van der Waals surface area contributed by atoms with E-state index in [1.165, 1.54) is 4.90 Å². The molecule has 0 saturated carbocycles. The number of hydrogen-bond donors (Lipinski definition) is 2. The summed E-state index contributed by atoms with van der Waals surface area (Å²) in [6, 6.07) is 5.55. The van der Waals surface area contributed by atoms with E-state index in [1.54, 1.807) is 24.3 Å². The molecule has 1 aliphatic rings. The van der Waals surface area contributed by atoms with Crippen molar-refractivity contribution in [3.05, 3.63) is 34.9 Å². The van der Waals surface area contributed by atoms with Gasteiger partial charge in [0.2, 0.25) is 5.91 Å². The largest absolute Gasteiger partial charge is 0.370 e. The number of halogens is 3. The van der Waals surface area contributed by atoms with Gasteiger partial charge in [-0.1, -0.05) is 23.7 Å². The van der Waals surface area contributed by atoms with Gasteiger partial charge in [0, 0.05) is 31.0 Å². The van der Waals surface area contributed by atoms with Gasteiger partial charge in [-0.2, -0.15) is 0 Å². The number of rotatable bonds is 4. The Kier molecular flexibility index (Phi) is 5.41. The molecule has 3 N–H and O–H groups in total. The highest BCUT2D eigenvalue weighted by molar-refractivity contribution is 6.30. The highest BCUT2D eigenvalue weighted by Gasteiger charge is 2.36. The minimum absolute atomic E-state index is 0.0301. The lowest BCUT2D eigenvalue weighted by Crippen LogP contribution is -2.48. The summed E-state index contributed by atoms with van der Waals surface area (Å²) in [6.07, 6.45) is -0.827. The van der Waals surface area contributed by atoms with E-state index >= 15 is 0 Å². The van der Waals surface area contributed by atoms with Crippen LogP contribution in [0.4, 0.5) is 13.6 Å². The Balaban J connectivity index is 2.06. The molecule has 1 heterocycles. The number of alkyl halides is 2. The van der Waals surface area contributed by atoms with Crippen molar-refractivity contribution in [3.8, 4) is 0 Å². The van der Waals surface area contributed by atoms with Crippen LogP contribution in [0, 0.1) is 0 Å². The molecule has 3 amide bonds. The van der Waals surface area contributed by atoms with Gasteiger partial charge in [-0.15, -0.1) is 0 Å². The third kappa shape index (κ3) is 5.06. The van der Waals surface area contributed by atoms with E-state index in [2.05, 4.69) is 5.32 Å². The normalized spacial score (nSPS) is 18.3. The molecule has 1 saturated heterocycles. The zero-order valence-electron chi connectivity index (χ0n) is 12.4. The van der Waals surface area contributed by atoms with Crippen molar-refractivity contribution >= 4 is 23.5 Å². The number of nitrogens with zero attached hydrogens (tertiary/aromatic N) is 1. The number of benzene rings is 1. The number of nitrogens with one attached hydrogen (secondary N) is 1. The van der Waals surface area contributed by atoms with Crippen molar-refractivity contribution in [3.63, 3.8) is 0 Å². The lowest BCUT2D eigenvalue weighted by Gasteiger charge is -2.33. The minimum Gasteiger partial charge on any atom is -0.370 e. The van der Waals surface area contributed by atoms with Crippen molar-refractivity contribution in [1.29, 1.82) is 0 Å². The maximum absolute atomic E-state index is 13.2. The number of carbonyl (C=O) groups is 2. The standard InChI is InChI=1S/C15H18ClF2N3O2/c16-11-3-1-2-10(8-11)12(9-13(19)22)20-14(23)21-6-4-15(17,18)5-7-21/h1-3,8,12H,4-7,9H2,(H2,19,22)(H,20,23)/t12-/m1/s1. The first-order valence-corrected chi connectivity index (χ1v) is 7.62. The summed E-state index contributed by atoms with van der Waals surface area (Å²) >= 11 is 5.92. The van der Waals surface area contributed by atoms with Crippen LogP contribution < -0.4 is 11.1 Å². The first-order valence-electron chi connectivity index (χ1n) is 7.24. The van der Waals surface area contributed by atoms with Gasteiger partial charge in [-0.3, -0.25) is 4.79 Å². The lowest BCUT2D eigenvalue weighted by molar-refractivity contribution is -0.118. The van der Waals surface area contributed by atoms with Gasteiger partial charge in [-0.25, -0.2) is 13.6 Å². The van der Waals surface area contributed by atoms with Gasteiger partial charge in [0.15, 0.2) is 0 Å². The number of carbonyl (C=O) groups excluding carboxylic acids is 2. The molecule has 1 aromatic rings. The summed E-state index contributed by atoms with van der Waals surface area (Å²) in [5.74, 6) is -3.31. The molecule has 1 atom stereocenters. The number of hydrogen-bond acceptors (Lipinski definition) is 2. The van der Waals surface area contributed by atoms with Crippen LogP contribution >= 0.6 is 11.6 Å². The summed E-state index contributed by atoms with van der Waals surface area (Å²) in [5.41, 5.74) is 5.85. The third-order valence-electron chi connectivity index (χ3n) is 3.74. The summed E-state index contributed by atoms with van der Waals surface area (Å²) in [5, 5.41) is 3.13. The third-order valence-corrected chi connectivity index (χ3v) is 3.97. The predicted octanol–water partition coefficient (Wildman–Crippen LogP) is 2.70. The molecule has 23 heavy (non-hydrogen) atoms. The molecule has 0 unspecified atom stereocenters. The summed E-state index contributed by atoms with van der Waals surface area (Å²) in [6.45, 7) is -0.0602. The van der Waals surface area contributed by atoms with Crippen LogP contribution in [0.2, 0.25) is 5.02 Å². The average molecular weight is 346 g/mol. The van der Waals surface area contributed by atoms with Crippen LogP contribution in [0.1, 0.15) is 30.9 Å². The Morgan fingerprint density at radius 3 is 2.57 bits per heavy atom. The Hall–Kier alpha value is -1.89. The van der Waals surface area contributed by atoms with Gasteiger partial charge in [0.05, 0.1) is 12.5 Å². The van der Waals surface area contributed by atoms with Crippen molar-refractivity contribution in [2.45, 2.75) is 31.2 Å². The fourth-order valence-electron chi connectivity index (χ4n) is 2.45. The highest BCUT2D eigenvalue weighted by Crippen LogP contribution is 2.28. The molecule has 0 radical (unpaired) electrons. The minimum atomic E-state index is -2.73. The molecule has 8 heteroatoms. The Bertz CT molecular complexity index is 588. The number of piperidine rings is 1. The molecule has 0 bridgehead atoms. The molecule has 1 aromatic carbocycles. The topological polar surface area (TPSA) is 75.4 Å². The van der Waals surface area contributed by atoms with E-state index in [9.17, 15) is 18.4 Å². The summed E-state index contributed by atoms with van der Waals surface area (Å²) in [7, 11) is 0. The zero-order chi connectivity index (χ0) is 17.0. The van der Waals surface area contributed by atoms with Crippen molar-refractivity contribution in [1.82, 2.24) is 10.2 Å². The Labute approximate surface area is 137 Å². The predicted molar refractivity (Wildman–Crippen MR) is 82.3 cm³/mol. The number of nitrogens with two attached hydrogens (primary N) is 1. The molecular formula is C15H18ClF2N3O2. The zero-order valence-corrected chi connectivity index (χ0v) is 13.2. The molecule has 0 aromatic heterocycles. The van der Waals surface area contributed by atoms with E-state index in [1.807, 2.05) is 0 Å². The van der Waals surface area contributed by atoms with Crippen LogP contribution in [0.3, 0.4) is 0 Å². The van der Waals surface area contributed by atoms with Gasteiger partial charge < -0.3 is 16.0 Å². The van der Waals surface area contributed by atoms with Gasteiger partial charge in [-0.05, 0) is 17.7 Å².